The summed E-state index contributed by atoms with van der Waals surface area (Å²) in [7, 11) is 0. The van der Waals surface area contributed by atoms with E-state index in [4.69, 9.17) is 5.73 Å². The Hall–Kier alpha value is -1.00. The topological polar surface area (TPSA) is 29.3 Å². The lowest BCUT2D eigenvalue weighted by Gasteiger charge is -2.40. The molecule has 0 spiro atoms. The molecule has 4 heteroatoms. The molecular weight excluding hydrogens is 234 g/mol. The molecule has 1 aliphatic heterocycles. The Balaban J connectivity index is 2.23. The van der Waals surface area contributed by atoms with Crippen LogP contribution >= 0.6 is 0 Å². The molecule has 0 unspecified atom stereocenters. The second-order valence-corrected chi connectivity index (χ2v) is 5.50. The van der Waals surface area contributed by atoms with Crippen LogP contribution in [0.3, 0.4) is 0 Å². The van der Waals surface area contributed by atoms with E-state index in [0.717, 1.165) is 19.2 Å². The molecule has 1 aliphatic rings. The first kappa shape index (κ1) is 13.4. The molecule has 1 saturated heterocycles. The Morgan fingerprint density at radius 2 is 1.78 bits per heavy atom. The van der Waals surface area contributed by atoms with E-state index in [1.165, 1.54) is 18.9 Å². The van der Waals surface area contributed by atoms with Gasteiger partial charge in [0.05, 0.1) is 0 Å². The van der Waals surface area contributed by atoms with E-state index in [0.29, 0.717) is 5.56 Å². The van der Waals surface area contributed by atoms with Crippen molar-refractivity contribution in [3.8, 4) is 0 Å². The second kappa shape index (κ2) is 4.94. The van der Waals surface area contributed by atoms with Gasteiger partial charge in [0.15, 0.2) is 11.6 Å². The fourth-order valence-electron chi connectivity index (χ4n) is 2.60. The first-order valence-corrected chi connectivity index (χ1v) is 6.38. The highest BCUT2D eigenvalue weighted by Crippen LogP contribution is 2.32. The monoisotopic (exact) mass is 254 g/mol. The van der Waals surface area contributed by atoms with Crippen LogP contribution in [0.4, 0.5) is 8.78 Å². The molecule has 100 valence electrons. The highest BCUT2D eigenvalue weighted by molar-refractivity contribution is 5.24. The van der Waals surface area contributed by atoms with Crippen LogP contribution < -0.4 is 5.73 Å². The van der Waals surface area contributed by atoms with Gasteiger partial charge in [0, 0.05) is 11.6 Å². The summed E-state index contributed by atoms with van der Waals surface area (Å²) in [6.45, 7) is 6.16. The van der Waals surface area contributed by atoms with Crippen molar-refractivity contribution in [2.45, 2.75) is 38.3 Å². The minimum atomic E-state index is -0.833. The molecule has 1 atom stereocenters. The molecule has 0 amide bonds. The van der Waals surface area contributed by atoms with E-state index in [-0.39, 0.29) is 11.6 Å². The average Bonchev–Trinajstić information content (AvgIpc) is 2.86. The zero-order chi connectivity index (χ0) is 13.3. The third-order valence-electron chi connectivity index (χ3n) is 3.98. The predicted octanol–water partition coefficient (Wildman–Crippen LogP) is 2.84. The second-order valence-electron chi connectivity index (χ2n) is 5.50. The minimum Gasteiger partial charge on any atom is -0.322 e. The summed E-state index contributed by atoms with van der Waals surface area (Å²) in [4.78, 5) is 2.32. The average molecular weight is 254 g/mol. The SMILES string of the molecule is CC(C)([C@H](N)c1ccc(F)c(F)c1)N1CCCC1. The van der Waals surface area contributed by atoms with Crippen molar-refractivity contribution < 1.29 is 8.78 Å². The molecule has 0 saturated carbocycles. The van der Waals surface area contributed by atoms with Crippen molar-refractivity contribution in [2.75, 3.05) is 13.1 Å². The van der Waals surface area contributed by atoms with E-state index in [1.54, 1.807) is 6.07 Å². The quantitative estimate of drug-likeness (QED) is 0.898. The van der Waals surface area contributed by atoms with Gasteiger partial charge >= 0.3 is 0 Å². The number of benzene rings is 1. The maximum Gasteiger partial charge on any atom is 0.159 e. The first-order chi connectivity index (χ1) is 8.43. The molecule has 0 radical (unpaired) electrons. The number of nitrogens with two attached hydrogens (primary N) is 1. The summed E-state index contributed by atoms with van der Waals surface area (Å²) in [5.74, 6) is -1.66. The van der Waals surface area contributed by atoms with Gasteiger partial charge in [-0.1, -0.05) is 6.07 Å². The summed E-state index contributed by atoms with van der Waals surface area (Å²) in [5, 5.41) is 0. The van der Waals surface area contributed by atoms with Crippen LogP contribution in [0.5, 0.6) is 0 Å². The minimum absolute atomic E-state index is 0.249. The molecule has 2 nitrogen and oxygen atoms in total. The molecule has 0 aromatic heterocycles. The van der Waals surface area contributed by atoms with Crippen LogP contribution in [0.25, 0.3) is 0 Å². The van der Waals surface area contributed by atoms with Gasteiger partial charge in [0.2, 0.25) is 0 Å². The molecule has 1 fully saturated rings. The Morgan fingerprint density at radius 3 is 2.33 bits per heavy atom. The molecule has 18 heavy (non-hydrogen) atoms. The van der Waals surface area contributed by atoms with Crippen LogP contribution in [-0.2, 0) is 0 Å². The maximum atomic E-state index is 13.3. The molecule has 1 aromatic rings. The highest BCUT2D eigenvalue weighted by Gasteiger charge is 2.35. The molecule has 1 heterocycles. The molecule has 0 aliphatic carbocycles. The number of nitrogens with zero attached hydrogens (tertiary/aromatic N) is 1. The standard InChI is InChI=1S/C14H20F2N2/c1-14(2,18-7-3-4-8-18)13(17)10-5-6-11(15)12(16)9-10/h5-6,9,13H,3-4,7-8,17H2,1-2H3/t13-/m1/s1. The van der Waals surface area contributed by atoms with Gasteiger partial charge in [-0.2, -0.15) is 0 Å². The van der Waals surface area contributed by atoms with Crippen molar-refractivity contribution in [3.05, 3.63) is 35.4 Å². The molecule has 0 bridgehead atoms. The van der Waals surface area contributed by atoms with Gasteiger partial charge in [0.25, 0.3) is 0 Å². The smallest absolute Gasteiger partial charge is 0.159 e. The summed E-state index contributed by atoms with van der Waals surface area (Å²) in [6.07, 6.45) is 2.35. The first-order valence-electron chi connectivity index (χ1n) is 6.38. The maximum absolute atomic E-state index is 13.3. The predicted molar refractivity (Wildman–Crippen MR) is 68.2 cm³/mol. The van der Waals surface area contributed by atoms with E-state index in [1.807, 2.05) is 0 Å². The number of hydrogen-bond acceptors (Lipinski definition) is 2. The number of hydrogen-bond donors (Lipinski definition) is 1. The van der Waals surface area contributed by atoms with Gasteiger partial charge in [-0.15, -0.1) is 0 Å². The van der Waals surface area contributed by atoms with Crippen molar-refractivity contribution >= 4 is 0 Å². The van der Waals surface area contributed by atoms with Crippen LogP contribution in [0.2, 0.25) is 0 Å². The summed E-state index contributed by atoms with van der Waals surface area (Å²) < 4.78 is 26.2. The Morgan fingerprint density at radius 1 is 1.17 bits per heavy atom. The Bertz CT molecular complexity index is 426. The zero-order valence-corrected chi connectivity index (χ0v) is 10.9. The number of likely N-dealkylation sites (tertiary alicyclic amines) is 1. The zero-order valence-electron chi connectivity index (χ0n) is 10.9. The lowest BCUT2D eigenvalue weighted by atomic mass is 9.88. The fraction of sp³-hybridized carbons (Fsp3) is 0.571. The van der Waals surface area contributed by atoms with Gasteiger partial charge in [-0.25, -0.2) is 8.78 Å². The largest absolute Gasteiger partial charge is 0.322 e. The van der Waals surface area contributed by atoms with E-state index >= 15 is 0 Å². The van der Waals surface area contributed by atoms with Crippen molar-refractivity contribution in [1.82, 2.24) is 4.90 Å². The van der Waals surface area contributed by atoms with Gasteiger partial charge < -0.3 is 5.73 Å². The lowest BCUT2D eigenvalue weighted by molar-refractivity contribution is 0.124. The summed E-state index contributed by atoms with van der Waals surface area (Å²) in [6, 6.07) is 3.59. The fourth-order valence-corrected chi connectivity index (χ4v) is 2.60. The van der Waals surface area contributed by atoms with Crippen molar-refractivity contribution in [1.29, 1.82) is 0 Å². The Labute approximate surface area is 107 Å². The van der Waals surface area contributed by atoms with Gasteiger partial charge in [0.1, 0.15) is 0 Å². The lowest BCUT2D eigenvalue weighted by Crippen LogP contribution is -2.49. The van der Waals surface area contributed by atoms with E-state index in [2.05, 4.69) is 18.7 Å². The van der Waals surface area contributed by atoms with E-state index in [9.17, 15) is 8.78 Å². The summed E-state index contributed by atoms with van der Waals surface area (Å²) in [5.41, 5.74) is 6.64. The molecule has 2 rings (SSSR count). The van der Waals surface area contributed by atoms with Gasteiger partial charge in [-0.05, 0) is 57.5 Å². The number of rotatable bonds is 3. The van der Waals surface area contributed by atoms with Crippen LogP contribution in [0.15, 0.2) is 18.2 Å². The summed E-state index contributed by atoms with van der Waals surface area (Å²) >= 11 is 0. The third kappa shape index (κ3) is 2.40. The normalized spacial score (nSPS) is 19.2. The van der Waals surface area contributed by atoms with E-state index < -0.39 is 11.6 Å². The molecule has 2 N–H and O–H groups in total. The highest BCUT2D eigenvalue weighted by atomic mass is 19.2. The van der Waals surface area contributed by atoms with Crippen LogP contribution in [-0.4, -0.2) is 23.5 Å². The van der Waals surface area contributed by atoms with Crippen molar-refractivity contribution in [2.24, 2.45) is 5.73 Å². The van der Waals surface area contributed by atoms with Crippen LogP contribution in [0.1, 0.15) is 38.3 Å². The number of halogens is 2. The van der Waals surface area contributed by atoms with Crippen molar-refractivity contribution in [3.63, 3.8) is 0 Å². The van der Waals surface area contributed by atoms with Gasteiger partial charge in [-0.3, -0.25) is 4.90 Å². The Kier molecular flexibility index (Phi) is 3.69. The molecular formula is C14H20F2N2. The third-order valence-corrected chi connectivity index (χ3v) is 3.98. The molecule has 1 aromatic carbocycles. The van der Waals surface area contributed by atoms with Crippen LogP contribution in [0, 0.1) is 11.6 Å².